The Balaban J connectivity index is 2.63. The van der Waals surface area contributed by atoms with E-state index >= 15 is 0 Å². The van der Waals surface area contributed by atoms with E-state index in [1.54, 1.807) is 25.1 Å². The lowest BCUT2D eigenvalue weighted by atomic mass is 10.2. The summed E-state index contributed by atoms with van der Waals surface area (Å²) in [6.07, 6.45) is 0. The Morgan fingerprint density at radius 2 is 2.15 bits per heavy atom. The van der Waals surface area contributed by atoms with Crippen LogP contribution in [0, 0.1) is 6.92 Å². The highest BCUT2D eigenvalue weighted by Gasteiger charge is 2.20. The summed E-state index contributed by atoms with van der Waals surface area (Å²) in [5.74, 6) is 0. The van der Waals surface area contributed by atoms with Crippen molar-refractivity contribution in [1.82, 2.24) is 9.71 Å². The first kappa shape index (κ1) is 15.2. The molecule has 2 aromatic rings. The molecular formula is C13H15ClN2O3S. The smallest absolute Gasteiger partial charge is 0.243 e. The van der Waals surface area contributed by atoms with Crippen molar-refractivity contribution in [3.8, 4) is 0 Å². The van der Waals surface area contributed by atoms with Gasteiger partial charge in [0.15, 0.2) is 0 Å². The van der Waals surface area contributed by atoms with Gasteiger partial charge in [-0.3, -0.25) is 0 Å². The molecule has 0 aliphatic heterocycles. The molecule has 1 heterocycles. The zero-order valence-corrected chi connectivity index (χ0v) is 12.7. The lowest BCUT2D eigenvalue weighted by Crippen LogP contribution is -2.35. The van der Waals surface area contributed by atoms with E-state index in [2.05, 4.69) is 9.71 Å². The first-order chi connectivity index (χ1) is 9.35. The van der Waals surface area contributed by atoms with Gasteiger partial charge in [-0.15, -0.1) is 0 Å². The van der Waals surface area contributed by atoms with Crippen LogP contribution in [0.25, 0.3) is 10.9 Å². The molecule has 7 heteroatoms. The molecule has 0 saturated carbocycles. The summed E-state index contributed by atoms with van der Waals surface area (Å²) in [6.45, 7) is 3.10. The molecule has 0 radical (unpaired) electrons. The van der Waals surface area contributed by atoms with Gasteiger partial charge >= 0.3 is 0 Å². The summed E-state index contributed by atoms with van der Waals surface area (Å²) < 4.78 is 27.0. The van der Waals surface area contributed by atoms with Crippen molar-refractivity contribution >= 4 is 32.5 Å². The molecule has 0 spiro atoms. The molecule has 1 aromatic carbocycles. The molecular weight excluding hydrogens is 300 g/mol. The molecule has 0 aliphatic carbocycles. The van der Waals surface area contributed by atoms with E-state index in [1.807, 2.05) is 6.92 Å². The molecule has 0 bridgehead atoms. The lowest BCUT2D eigenvalue weighted by molar-refractivity contribution is 0.265. The average Bonchev–Trinajstić information content (AvgIpc) is 2.38. The maximum atomic E-state index is 12.3. The SMILES string of the molecule is Cc1cc2cccc(S(=O)(=O)NC(C)CO)c2nc1Cl. The number of hydrogen-bond donors (Lipinski definition) is 2. The van der Waals surface area contributed by atoms with E-state index in [0.29, 0.717) is 10.9 Å². The predicted octanol–water partition coefficient (Wildman–Crippen LogP) is 1.86. The van der Waals surface area contributed by atoms with Gasteiger partial charge in [-0.25, -0.2) is 18.1 Å². The standard InChI is InChI=1S/C13H15ClN2O3S/c1-8-6-10-4-3-5-11(12(10)15-13(8)14)20(18,19)16-9(2)7-17/h3-6,9,16-17H,7H2,1-2H3. The summed E-state index contributed by atoms with van der Waals surface area (Å²) in [5, 5.41) is 9.95. The van der Waals surface area contributed by atoms with Crippen LogP contribution in [0.15, 0.2) is 29.2 Å². The summed E-state index contributed by atoms with van der Waals surface area (Å²) in [7, 11) is -3.76. The molecule has 1 aromatic heterocycles. The van der Waals surface area contributed by atoms with Gasteiger partial charge in [0.05, 0.1) is 12.1 Å². The van der Waals surface area contributed by atoms with E-state index in [-0.39, 0.29) is 16.7 Å². The first-order valence-electron chi connectivity index (χ1n) is 6.04. The number of aromatic nitrogens is 1. The maximum absolute atomic E-state index is 12.3. The monoisotopic (exact) mass is 314 g/mol. The normalized spacial score (nSPS) is 13.6. The number of aliphatic hydroxyl groups excluding tert-OH is 1. The van der Waals surface area contributed by atoms with Gasteiger partial charge in [-0.2, -0.15) is 0 Å². The number of aliphatic hydroxyl groups is 1. The minimum Gasteiger partial charge on any atom is -0.395 e. The highest BCUT2D eigenvalue weighted by Crippen LogP contribution is 2.25. The number of benzene rings is 1. The molecule has 2 N–H and O–H groups in total. The summed E-state index contributed by atoms with van der Waals surface area (Å²) in [5.41, 5.74) is 1.10. The summed E-state index contributed by atoms with van der Waals surface area (Å²) in [4.78, 5) is 4.21. The third-order valence-electron chi connectivity index (χ3n) is 2.86. The van der Waals surface area contributed by atoms with E-state index in [9.17, 15) is 8.42 Å². The van der Waals surface area contributed by atoms with Gasteiger partial charge < -0.3 is 5.11 Å². The second-order valence-corrected chi connectivity index (χ2v) is 6.67. The number of nitrogens with zero attached hydrogens (tertiary/aromatic N) is 1. The number of para-hydroxylation sites is 1. The van der Waals surface area contributed by atoms with Gasteiger partial charge in [-0.05, 0) is 31.5 Å². The van der Waals surface area contributed by atoms with Crippen LogP contribution in [-0.4, -0.2) is 31.2 Å². The Kier molecular flexibility index (Phi) is 4.29. The zero-order chi connectivity index (χ0) is 14.9. The maximum Gasteiger partial charge on any atom is 0.243 e. The quantitative estimate of drug-likeness (QED) is 0.844. The Hall–Kier alpha value is -1.21. The van der Waals surface area contributed by atoms with Gasteiger partial charge in [0.25, 0.3) is 0 Å². The number of pyridine rings is 1. The number of hydrogen-bond acceptors (Lipinski definition) is 4. The Morgan fingerprint density at radius 1 is 1.45 bits per heavy atom. The molecule has 0 amide bonds. The van der Waals surface area contributed by atoms with Crippen LogP contribution in [0.3, 0.4) is 0 Å². The average molecular weight is 315 g/mol. The van der Waals surface area contributed by atoms with Crippen LogP contribution in [0.4, 0.5) is 0 Å². The van der Waals surface area contributed by atoms with Crippen molar-refractivity contribution in [2.24, 2.45) is 0 Å². The van der Waals surface area contributed by atoms with Crippen molar-refractivity contribution < 1.29 is 13.5 Å². The zero-order valence-electron chi connectivity index (χ0n) is 11.1. The van der Waals surface area contributed by atoms with Crippen molar-refractivity contribution in [2.45, 2.75) is 24.8 Å². The third-order valence-corrected chi connectivity index (χ3v) is 4.86. The highest BCUT2D eigenvalue weighted by molar-refractivity contribution is 7.89. The molecule has 2 rings (SSSR count). The van der Waals surface area contributed by atoms with Crippen molar-refractivity contribution in [3.63, 3.8) is 0 Å². The van der Waals surface area contributed by atoms with Crippen molar-refractivity contribution in [1.29, 1.82) is 0 Å². The minimum absolute atomic E-state index is 0.0530. The lowest BCUT2D eigenvalue weighted by Gasteiger charge is -2.13. The number of halogens is 1. The fourth-order valence-corrected chi connectivity index (χ4v) is 3.38. The van der Waals surface area contributed by atoms with Gasteiger partial charge in [0, 0.05) is 11.4 Å². The summed E-state index contributed by atoms with van der Waals surface area (Å²) in [6, 6.07) is 6.11. The Morgan fingerprint density at radius 3 is 2.80 bits per heavy atom. The van der Waals surface area contributed by atoms with Crippen molar-refractivity contribution in [3.05, 3.63) is 35.0 Å². The van der Waals surface area contributed by atoms with E-state index in [1.165, 1.54) is 6.07 Å². The highest BCUT2D eigenvalue weighted by atomic mass is 35.5. The topological polar surface area (TPSA) is 79.3 Å². The van der Waals surface area contributed by atoms with Crippen LogP contribution >= 0.6 is 11.6 Å². The van der Waals surface area contributed by atoms with Crippen LogP contribution < -0.4 is 4.72 Å². The minimum atomic E-state index is -3.76. The second-order valence-electron chi connectivity index (χ2n) is 4.63. The van der Waals surface area contributed by atoms with Gasteiger partial charge in [0.2, 0.25) is 10.0 Å². The molecule has 20 heavy (non-hydrogen) atoms. The van der Waals surface area contributed by atoms with E-state index < -0.39 is 16.1 Å². The predicted molar refractivity (Wildman–Crippen MR) is 78.4 cm³/mol. The third kappa shape index (κ3) is 2.93. The van der Waals surface area contributed by atoms with Crippen LogP contribution in [-0.2, 0) is 10.0 Å². The van der Waals surface area contributed by atoms with Crippen LogP contribution in [0.2, 0.25) is 5.15 Å². The molecule has 1 atom stereocenters. The number of aryl methyl sites for hydroxylation is 1. The fourth-order valence-electron chi connectivity index (χ4n) is 1.84. The van der Waals surface area contributed by atoms with Gasteiger partial charge in [0.1, 0.15) is 10.0 Å². The molecule has 0 fully saturated rings. The molecule has 0 saturated heterocycles. The fraction of sp³-hybridized carbons (Fsp3) is 0.308. The summed E-state index contributed by atoms with van der Waals surface area (Å²) >= 11 is 5.98. The number of nitrogens with one attached hydrogen (secondary N) is 1. The van der Waals surface area contributed by atoms with Crippen LogP contribution in [0.5, 0.6) is 0 Å². The van der Waals surface area contributed by atoms with E-state index in [0.717, 1.165) is 5.56 Å². The van der Waals surface area contributed by atoms with Crippen molar-refractivity contribution in [2.75, 3.05) is 6.61 Å². The van der Waals surface area contributed by atoms with Gasteiger partial charge in [-0.1, -0.05) is 23.7 Å². The number of fused-ring (bicyclic) bond motifs is 1. The molecule has 0 aliphatic rings. The first-order valence-corrected chi connectivity index (χ1v) is 7.90. The number of rotatable bonds is 4. The largest absolute Gasteiger partial charge is 0.395 e. The molecule has 108 valence electrons. The van der Waals surface area contributed by atoms with Crippen LogP contribution in [0.1, 0.15) is 12.5 Å². The Bertz CT molecular complexity index is 747. The second kappa shape index (κ2) is 5.65. The van der Waals surface area contributed by atoms with E-state index in [4.69, 9.17) is 16.7 Å². The molecule has 1 unspecified atom stereocenters. The molecule has 5 nitrogen and oxygen atoms in total. The Labute approximate surface area is 122 Å². The number of sulfonamides is 1.